The number of carboxylic acid groups (broad SMARTS) is 1. The number of thioether (sulfide) groups is 1. The summed E-state index contributed by atoms with van der Waals surface area (Å²) in [6, 6.07) is 6.56. The predicted octanol–water partition coefficient (Wildman–Crippen LogP) is 2.37. The summed E-state index contributed by atoms with van der Waals surface area (Å²) in [5.74, 6) is -0.986. The van der Waals surface area contributed by atoms with Crippen LogP contribution in [0.25, 0.3) is 6.08 Å². The molecule has 0 unspecified atom stereocenters. The van der Waals surface area contributed by atoms with Gasteiger partial charge in [0, 0.05) is 6.54 Å². The third-order valence-corrected chi connectivity index (χ3v) is 3.63. The summed E-state index contributed by atoms with van der Waals surface area (Å²) in [5, 5.41) is 8.20. The Labute approximate surface area is 131 Å². The van der Waals surface area contributed by atoms with Gasteiger partial charge in [-0.2, -0.15) is 0 Å². The summed E-state index contributed by atoms with van der Waals surface area (Å²) < 4.78 is 5.01. The molecule has 22 heavy (non-hydrogen) atoms. The maximum Gasteiger partial charge on any atom is 0.341 e. The Bertz CT molecular complexity index is 650. The maximum absolute atomic E-state index is 12.0. The summed E-state index contributed by atoms with van der Waals surface area (Å²) in [7, 11) is 0. The lowest BCUT2D eigenvalue weighted by Gasteiger charge is -2.07. The van der Waals surface area contributed by atoms with Crippen LogP contribution in [0.2, 0.25) is 0 Å². The van der Waals surface area contributed by atoms with Crippen LogP contribution in [0.5, 0.6) is 5.75 Å². The van der Waals surface area contributed by atoms with E-state index in [0.29, 0.717) is 16.2 Å². The average molecular weight is 319 g/mol. The predicted molar refractivity (Wildman–Crippen MR) is 82.4 cm³/mol. The Morgan fingerprint density at radius 2 is 2.00 bits per heavy atom. The minimum absolute atomic E-state index is 0.184. The van der Waals surface area contributed by atoms with E-state index in [4.69, 9.17) is 9.84 Å². The number of nitrogens with zero attached hydrogens (tertiary/aromatic N) is 1. The number of rotatable bonds is 6. The minimum atomic E-state index is -1.06. The fourth-order valence-corrected chi connectivity index (χ4v) is 2.59. The molecule has 0 aliphatic carbocycles. The number of amides is 2. The number of carboxylic acids is 1. The first kappa shape index (κ1) is 15.8. The van der Waals surface area contributed by atoms with Gasteiger partial charge in [0.1, 0.15) is 5.75 Å². The molecule has 0 radical (unpaired) electrons. The number of hydrogen-bond acceptors (Lipinski definition) is 5. The molecule has 1 aromatic rings. The normalized spacial score (nSPS) is 16.2. The summed E-state index contributed by atoms with van der Waals surface area (Å²) in [4.78, 5) is 35.6. The topological polar surface area (TPSA) is 83.9 Å². The van der Waals surface area contributed by atoms with Crippen LogP contribution in [-0.2, 0) is 9.59 Å². The fraction of sp³-hybridized carbons (Fsp3) is 0.133. The summed E-state index contributed by atoms with van der Waals surface area (Å²) in [6.07, 6.45) is 3.10. The van der Waals surface area contributed by atoms with Crippen LogP contribution in [0.3, 0.4) is 0 Å². The molecule has 0 spiro atoms. The molecule has 114 valence electrons. The molecule has 0 saturated carbocycles. The first-order chi connectivity index (χ1) is 10.5. The zero-order valence-electron chi connectivity index (χ0n) is 11.5. The van der Waals surface area contributed by atoms with E-state index < -0.39 is 12.6 Å². The van der Waals surface area contributed by atoms with Gasteiger partial charge in [0.05, 0.1) is 4.91 Å². The van der Waals surface area contributed by atoms with Crippen molar-refractivity contribution in [3.8, 4) is 5.75 Å². The lowest BCUT2D eigenvalue weighted by molar-refractivity contribution is -0.139. The van der Waals surface area contributed by atoms with E-state index in [1.165, 1.54) is 6.08 Å². The van der Waals surface area contributed by atoms with Crippen LogP contribution in [0.15, 0.2) is 41.8 Å². The minimum Gasteiger partial charge on any atom is -0.482 e. The quantitative estimate of drug-likeness (QED) is 0.640. The van der Waals surface area contributed by atoms with Gasteiger partial charge in [0.25, 0.3) is 11.1 Å². The van der Waals surface area contributed by atoms with Crippen LogP contribution >= 0.6 is 11.8 Å². The van der Waals surface area contributed by atoms with Gasteiger partial charge in [-0.3, -0.25) is 14.5 Å². The Balaban J connectivity index is 2.09. The van der Waals surface area contributed by atoms with Crippen LogP contribution in [-0.4, -0.2) is 40.3 Å². The highest BCUT2D eigenvalue weighted by atomic mass is 32.2. The van der Waals surface area contributed by atoms with E-state index in [-0.39, 0.29) is 17.7 Å². The summed E-state index contributed by atoms with van der Waals surface area (Å²) >= 11 is 0.877. The molecule has 1 N–H and O–H groups in total. The number of carbonyl (C=O) groups is 3. The lowest BCUT2D eigenvalue weighted by Crippen LogP contribution is -2.27. The lowest BCUT2D eigenvalue weighted by atomic mass is 10.2. The molecule has 1 fully saturated rings. The molecule has 7 heteroatoms. The van der Waals surface area contributed by atoms with Gasteiger partial charge in [-0.1, -0.05) is 18.2 Å². The van der Waals surface area contributed by atoms with Crippen molar-refractivity contribution in [3.63, 3.8) is 0 Å². The van der Waals surface area contributed by atoms with E-state index in [2.05, 4.69) is 6.58 Å². The number of aliphatic carboxylic acids is 1. The zero-order chi connectivity index (χ0) is 16.1. The second-order valence-electron chi connectivity index (χ2n) is 4.33. The second kappa shape index (κ2) is 6.95. The van der Waals surface area contributed by atoms with E-state index >= 15 is 0 Å². The van der Waals surface area contributed by atoms with Crippen molar-refractivity contribution in [2.45, 2.75) is 0 Å². The van der Waals surface area contributed by atoms with Crippen molar-refractivity contribution in [2.24, 2.45) is 0 Å². The monoisotopic (exact) mass is 319 g/mol. The highest BCUT2D eigenvalue weighted by Gasteiger charge is 2.33. The van der Waals surface area contributed by atoms with Gasteiger partial charge in [0.2, 0.25) is 0 Å². The van der Waals surface area contributed by atoms with Gasteiger partial charge < -0.3 is 9.84 Å². The van der Waals surface area contributed by atoms with E-state index in [9.17, 15) is 14.4 Å². The zero-order valence-corrected chi connectivity index (χ0v) is 12.3. The van der Waals surface area contributed by atoms with E-state index in [1.54, 1.807) is 30.3 Å². The molecule has 0 bridgehead atoms. The number of carbonyl (C=O) groups excluding carboxylic acids is 2. The SMILES string of the molecule is C=CCN1C(=O)S/C(=C/c2ccc(OCC(=O)O)cc2)C1=O. The molecule has 0 atom stereocenters. The van der Waals surface area contributed by atoms with E-state index in [0.717, 1.165) is 16.7 Å². The largest absolute Gasteiger partial charge is 0.482 e. The standard InChI is InChI=1S/C15H13NO5S/c1-2-7-16-14(19)12(22-15(16)20)8-10-3-5-11(6-4-10)21-9-13(17)18/h2-6,8H,1,7,9H2,(H,17,18)/b12-8+. The maximum atomic E-state index is 12.0. The van der Waals surface area contributed by atoms with Crippen molar-refractivity contribution in [3.05, 3.63) is 47.4 Å². The van der Waals surface area contributed by atoms with Crippen molar-refractivity contribution in [1.82, 2.24) is 4.90 Å². The Hall–Kier alpha value is -2.54. The molecule has 1 aliphatic rings. The van der Waals surface area contributed by atoms with Crippen LogP contribution in [0.1, 0.15) is 5.56 Å². The van der Waals surface area contributed by atoms with Gasteiger partial charge in [-0.05, 0) is 35.5 Å². The molecular formula is C15H13NO5S. The highest BCUT2D eigenvalue weighted by molar-refractivity contribution is 8.18. The first-order valence-corrected chi connectivity index (χ1v) is 7.14. The second-order valence-corrected chi connectivity index (χ2v) is 5.33. The molecule has 2 amide bonds. The van der Waals surface area contributed by atoms with E-state index in [1.807, 2.05) is 0 Å². The number of benzene rings is 1. The van der Waals surface area contributed by atoms with Gasteiger partial charge in [0.15, 0.2) is 6.61 Å². The van der Waals surface area contributed by atoms with Gasteiger partial charge >= 0.3 is 5.97 Å². The molecule has 0 aromatic heterocycles. The molecule has 6 nitrogen and oxygen atoms in total. The van der Waals surface area contributed by atoms with Gasteiger partial charge in [-0.15, -0.1) is 6.58 Å². The van der Waals surface area contributed by atoms with Crippen LogP contribution in [0.4, 0.5) is 4.79 Å². The van der Waals surface area contributed by atoms with Crippen LogP contribution < -0.4 is 4.74 Å². The number of ether oxygens (including phenoxy) is 1. The molecule has 1 heterocycles. The smallest absolute Gasteiger partial charge is 0.341 e. The van der Waals surface area contributed by atoms with Crippen molar-refractivity contribution in [1.29, 1.82) is 0 Å². The summed E-state index contributed by atoms with van der Waals surface area (Å²) in [5.41, 5.74) is 0.715. The number of imide groups is 1. The molecular weight excluding hydrogens is 306 g/mol. The Kier molecular flexibility index (Phi) is 5.00. The van der Waals surface area contributed by atoms with Crippen molar-refractivity contribution >= 4 is 35.0 Å². The fourth-order valence-electron chi connectivity index (χ4n) is 1.74. The highest BCUT2D eigenvalue weighted by Crippen LogP contribution is 2.32. The van der Waals surface area contributed by atoms with Crippen molar-refractivity contribution < 1.29 is 24.2 Å². The third-order valence-electron chi connectivity index (χ3n) is 2.73. The van der Waals surface area contributed by atoms with Gasteiger partial charge in [-0.25, -0.2) is 4.79 Å². The Morgan fingerprint density at radius 3 is 2.59 bits per heavy atom. The molecule has 1 aromatic carbocycles. The molecule has 1 saturated heterocycles. The van der Waals surface area contributed by atoms with Crippen molar-refractivity contribution in [2.75, 3.05) is 13.2 Å². The molecule has 1 aliphatic heterocycles. The Morgan fingerprint density at radius 1 is 1.32 bits per heavy atom. The first-order valence-electron chi connectivity index (χ1n) is 6.32. The third kappa shape index (κ3) is 3.76. The average Bonchev–Trinajstić information content (AvgIpc) is 2.74. The number of hydrogen-bond donors (Lipinski definition) is 1. The summed E-state index contributed by atoms with van der Waals surface area (Å²) in [6.45, 7) is 3.28. The molecule has 2 rings (SSSR count). The van der Waals surface area contributed by atoms with Crippen LogP contribution in [0, 0.1) is 0 Å².